The zero-order valence-corrected chi connectivity index (χ0v) is 10.4. The molecule has 0 aromatic heterocycles. The van der Waals surface area contributed by atoms with Crippen molar-refractivity contribution in [2.45, 2.75) is 52.7 Å². The Labute approximate surface area is 96.7 Å². The Morgan fingerprint density at radius 2 is 1.81 bits per heavy atom. The van der Waals surface area contributed by atoms with E-state index in [9.17, 15) is 9.59 Å². The first-order valence-corrected chi connectivity index (χ1v) is 5.68. The predicted octanol–water partition coefficient (Wildman–Crippen LogP) is 1.41. The van der Waals surface area contributed by atoms with Crippen LogP contribution in [0, 0.1) is 5.92 Å². The molecule has 0 rings (SSSR count). The fraction of sp³-hybridized carbons (Fsp3) is 0.818. The highest BCUT2D eigenvalue weighted by molar-refractivity contribution is 5.81. The predicted molar refractivity (Wildman–Crippen MR) is 61.8 cm³/mol. The van der Waals surface area contributed by atoms with Gasteiger partial charge in [-0.15, -0.1) is 0 Å². The first-order chi connectivity index (χ1) is 7.42. The van der Waals surface area contributed by atoms with Crippen LogP contribution in [0.2, 0.25) is 0 Å². The van der Waals surface area contributed by atoms with Gasteiger partial charge in [-0.05, 0) is 19.3 Å². The highest BCUT2D eigenvalue weighted by atomic mass is 16.6. The second kappa shape index (κ2) is 7.09. The molecule has 0 heterocycles. The van der Waals surface area contributed by atoms with Gasteiger partial charge < -0.3 is 15.8 Å². The Bertz CT molecular complexity index is 243. The van der Waals surface area contributed by atoms with Crippen LogP contribution in [0.4, 0.5) is 4.79 Å². The van der Waals surface area contributed by atoms with Gasteiger partial charge in [0.1, 0.15) is 0 Å². The topological polar surface area (TPSA) is 81.4 Å². The van der Waals surface area contributed by atoms with Gasteiger partial charge in [0.05, 0.1) is 0 Å². The van der Waals surface area contributed by atoms with Crippen molar-refractivity contribution < 1.29 is 14.3 Å². The maximum Gasteiger partial charge on any atom is 0.408 e. The largest absolute Gasteiger partial charge is 0.436 e. The summed E-state index contributed by atoms with van der Waals surface area (Å²) in [6.45, 7) is 7.57. The number of hydrogen-bond donors (Lipinski definition) is 2. The molecule has 0 unspecified atom stereocenters. The molecule has 16 heavy (non-hydrogen) atoms. The number of rotatable bonds is 6. The summed E-state index contributed by atoms with van der Waals surface area (Å²) in [4.78, 5) is 22.1. The fourth-order valence-electron chi connectivity index (χ4n) is 1.34. The smallest absolute Gasteiger partial charge is 0.408 e. The summed E-state index contributed by atoms with van der Waals surface area (Å²) in [5.74, 6) is -0.270. The minimum Gasteiger partial charge on any atom is -0.436 e. The molecule has 3 N–H and O–H groups in total. The van der Waals surface area contributed by atoms with E-state index < -0.39 is 18.1 Å². The van der Waals surface area contributed by atoms with Gasteiger partial charge >= 0.3 is 6.09 Å². The molecule has 0 fully saturated rings. The van der Waals surface area contributed by atoms with Crippen molar-refractivity contribution in [1.82, 2.24) is 5.32 Å². The van der Waals surface area contributed by atoms with Crippen LogP contribution in [0.5, 0.6) is 0 Å². The summed E-state index contributed by atoms with van der Waals surface area (Å²) < 4.78 is 4.81. The second-order valence-corrected chi connectivity index (χ2v) is 3.99. The van der Waals surface area contributed by atoms with Crippen LogP contribution in [-0.4, -0.2) is 24.1 Å². The Morgan fingerprint density at radius 1 is 1.25 bits per heavy atom. The van der Waals surface area contributed by atoms with E-state index in [1.165, 1.54) is 6.92 Å². The van der Waals surface area contributed by atoms with Gasteiger partial charge in [0.15, 0.2) is 6.10 Å². The van der Waals surface area contributed by atoms with Crippen molar-refractivity contribution in [3.63, 3.8) is 0 Å². The quantitative estimate of drug-likeness (QED) is 0.723. The monoisotopic (exact) mass is 230 g/mol. The lowest BCUT2D eigenvalue weighted by atomic mass is 9.97. The highest BCUT2D eigenvalue weighted by Gasteiger charge is 2.19. The molecule has 0 saturated carbocycles. The number of nitrogens with one attached hydrogen (secondary N) is 1. The molecule has 0 radical (unpaired) electrons. The first-order valence-electron chi connectivity index (χ1n) is 5.68. The fourth-order valence-corrected chi connectivity index (χ4v) is 1.34. The van der Waals surface area contributed by atoms with E-state index in [0.29, 0.717) is 5.92 Å². The maximum absolute atomic E-state index is 11.4. The second-order valence-electron chi connectivity index (χ2n) is 3.99. The van der Waals surface area contributed by atoms with E-state index in [1.807, 2.05) is 6.92 Å². The third-order valence-corrected chi connectivity index (χ3v) is 2.76. The Kier molecular flexibility index (Phi) is 6.53. The zero-order chi connectivity index (χ0) is 12.7. The number of primary amides is 1. The summed E-state index contributed by atoms with van der Waals surface area (Å²) in [5.41, 5.74) is 4.99. The minimum absolute atomic E-state index is 0.0672. The number of nitrogens with two attached hydrogens (primary N) is 1. The Balaban J connectivity index is 4.16. The van der Waals surface area contributed by atoms with Gasteiger partial charge in [-0.1, -0.05) is 27.2 Å². The number of alkyl carbamates (subject to hydrolysis) is 1. The van der Waals surface area contributed by atoms with Gasteiger partial charge in [-0.2, -0.15) is 0 Å². The third kappa shape index (κ3) is 5.00. The first kappa shape index (κ1) is 14.7. The SMILES string of the molecule is CC[C@@H](C)[C@H](CC)NC(=O)O[C@H](C)C(N)=O. The zero-order valence-electron chi connectivity index (χ0n) is 10.4. The maximum atomic E-state index is 11.4. The van der Waals surface area contributed by atoms with Crippen LogP contribution < -0.4 is 11.1 Å². The molecule has 0 aliphatic heterocycles. The van der Waals surface area contributed by atoms with Crippen molar-refractivity contribution in [3.05, 3.63) is 0 Å². The lowest BCUT2D eigenvalue weighted by Crippen LogP contribution is -2.42. The van der Waals surface area contributed by atoms with Crippen LogP contribution >= 0.6 is 0 Å². The standard InChI is InChI=1S/C11H22N2O3/c1-5-7(3)9(6-2)13-11(15)16-8(4)10(12)14/h7-9H,5-6H2,1-4H3,(H2,12,14)(H,13,15)/t7-,8-,9+/m1/s1. The molecule has 0 aliphatic rings. The summed E-state index contributed by atoms with van der Waals surface area (Å²) in [7, 11) is 0. The van der Waals surface area contributed by atoms with Crippen molar-refractivity contribution in [3.8, 4) is 0 Å². The van der Waals surface area contributed by atoms with E-state index in [2.05, 4.69) is 19.2 Å². The summed E-state index contributed by atoms with van der Waals surface area (Å²) in [6.07, 6.45) is 0.326. The van der Waals surface area contributed by atoms with Crippen molar-refractivity contribution in [2.75, 3.05) is 0 Å². The van der Waals surface area contributed by atoms with Gasteiger partial charge in [0.25, 0.3) is 5.91 Å². The molecule has 2 amide bonds. The number of carbonyl (C=O) groups excluding carboxylic acids is 2. The normalized spacial score (nSPS) is 16.0. The molecule has 0 bridgehead atoms. The number of hydrogen-bond acceptors (Lipinski definition) is 3. The van der Waals surface area contributed by atoms with Crippen LogP contribution in [0.25, 0.3) is 0 Å². The summed E-state index contributed by atoms with van der Waals surface area (Å²) >= 11 is 0. The van der Waals surface area contributed by atoms with E-state index in [1.54, 1.807) is 0 Å². The van der Waals surface area contributed by atoms with Gasteiger partial charge in [-0.3, -0.25) is 4.79 Å². The molecule has 0 spiro atoms. The summed E-state index contributed by atoms with van der Waals surface area (Å²) in [5, 5.41) is 2.73. The molecule has 3 atom stereocenters. The van der Waals surface area contributed by atoms with Crippen LogP contribution in [0.1, 0.15) is 40.5 Å². The third-order valence-electron chi connectivity index (χ3n) is 2.76. The highest BCUT2D eigenvalue weighted by Crippen LogP contribution is 2.10. The van der Waals surface area contributed by atoms with Gasteiger partial charge in [0, 0.05) is 6.04 Å². The average molecular weight is 230 g/mol. The molecule has 0 saturated heterocycles. The van der Waals surface area contributed by atoms with Crippen LogP contribution in [-0.2, 0) is 9.53 Å². The van der Waals surface area contributed by atoms with E-state index in [4.69, 9.17) is 10.5 Å². The van der Waals surface area contributed by atoms with Crippen molar-refractivity contribution in [2.24, 2.45) is 11.7 Å². The molecule has 0 aromatic carbocycles. The lowest BCUT2D eigenvalue weighted by molar-refractivity contribution is -0.125. The minimum atomic E-state index is -0.894. The molecule has 0 aromatic rings. The Morgan fingerprint density at radius 3 is 2.19 bits per heavy atom. The summed E-state index contributed by atoms with van der Waals surface area (Å²) in [6, 6.07) is 0.0672. The van der Waals surface area contributed by atoms with Gasteiger partial charge in [0.2, 0.25) is 0 Å². The molecule has 0 aliphatic carbocycles. The van der Waals surface area contributed by atoms with Crippen molar-refractivity contribution in [1.29, 1.82) is 0 Å². The van der Waals surface area contributed by atoms with Crippen LogP contribution in [0.15, 0.2) is 0 Å². The molecule has 5 nitrogen and oxygen atoms in total. The average Bonchev–Trinajstić information content (AvgIpc) is 2.24. The van der Waals surface area contributed by atoms with E-state index in [0.717, 1.165) is 12.8 Å². The number of amides is 2. The molecule has 5 heteroatoms. The van der Waals surface area contributed by atoms with Gasteiger partial charge in [-0.25, -0.2) is 4.79 Å². The number of carbonyl (C=O) groups is 2. The van der Waals surface area contributed by atoms with E-state index >= 15 is 0 Å². The molecule has 94 valence electrons. The van der Waals surface area contributed by atoms with Crippen LogP contribution in [0.3, 0.4) is 0 Å². The lowest BCUT2D eigenvalue weighted by Gasteiger charge is -2.23. The number of ether oxygens (including phenoxy) is 1. The Hall–Kier alpha value is -1.26. The van der Waals surface area contributed by atoms with E-state index in [-0.39, 0.29) is 6.04 Å². The van der Waals surface area contributed by atoms with Crippen molar-refractivity contribution >= 4 is 12.0 Å². The molecular formula is C11H22N2O3. The molecular weight excluding hydrogens is 208 g/mol.